The number of H-pyrrole nitrogens is 1. The zero-order chi connectivity index (χ0) is 13.5. The Morgan fingerprint density at radius 2 is 2.16 bits per heavy atom. The monoisotopic (exact) mass is 312 g/mol. The summed E-state index contributed by atoms with van der Waals surface area (Å²) < 4.78 is 3.37. The van der Waals surface area contributed by atoms with Gasteiger partial charge in [-0.3, -0.25) is 0 Å². The van der Waals surface area contributed by atoms with Crippen LogP contribution in [0, 0.1) is 4.77 Å². The van der Waals surface area contributed by atoms with Crippen LogP contribution >= 0.6 is 35.6 Å². The van der Waals surface area contributed by atoms with E-state index in [0.717, 1.165) is 27.4 Å². The smallest absolute Gasteiger partial charge is 0.178 e. The van der Waals surface area contributed by atoms with E-state index in [2.05, 4.69) is 15.8 Å². The van der Waals surface area contributed by atoms with Gasteiger partial charge in [-0.05, 0) is 49.5 Å². The number of nitrogens with one attached hydrogen (secondary N) is 1. The zero-order valence-corrected chi connectivity index (χ0v) is 13.3. The fourth-order valence-electron chi connectivity index (χ4n) is 3.02. The second kappa shape index (κ2) is 5.15. The molecule has 0 unspecified atom stereocenters. The number of halogens is 1. The first kappa shape index (κ1) is 13.5. The predicted octanol–water partition coefficient (Wildman–Crippen LogP) is 5.03. The van der Waals surface area contributed by atoms with Gasteiger partial charge in [-0.1, -0.05) is 24.4 Å². The maximum absolute atomic E-state index is 6.12. The molecule has 19 heavy (non-hydrogen) atoms. The van der Waals surface area contributed by atoms with Crippen molar-refractivity contribution in [3.63, 3.8) is 0 Å². The molecule has 1 N–H and O–H groups in total. The number of aromatic nitrogens is 2. The molecule has 1 fully saturated rings. The number of rotatable bonds is 3. The molecule has 3 rings (SSSR count). The van der Waals surface area contributed by atoms with Crippen LogP contribution in [-0.2, 0) is 6.54 Å². The minimum atomic E-state index is 0.343. The first-order chi connectivity index (χ1) is 9.13. The highest BCUT2D eigenvalue weighted by atomic mass is 35.5. The number of hydrogen-bond acceptors (Lipinski definition) is 2. The molecule has 5 heteroatoms. The molecule has 1 aromatic heterocycles. The molecule has 0 atom stereocenters. The third-order valence-corrected chi connectivity index (χ3v) is 6.09. The number of hydrogen-bond donors (Lipinski definition) is 1. The second-order valence-corrected chi connectivity index (χ2v) is 7.37. The normalized spacial score (nSPS) is 18.2. The van der Waals surface area contributed by atoms with Crippen LogP contribution in [0.4, 0.5) is 0 Å². The Morgan fingerprint density at radius 1 is 1.42 bits per heavy atom. The lowest BCUT2D eigenvalue weighted by atomic mass is 10.1. The lowest BCUT2D eigenvalue weighted by Crippen LogP contribution is -2.26. The fourth-order valence-corrected chi connectivity index (χ4v) is 4.41. The Morgan fingerprint density at radius 3 is 2.84 bits per heavy atom. The van der Waals surface area contributed by atoms with Gasteiger partial charge in [-0.15, -0.1) is 0 Å². The average molecular weight is 313 g/mol. The Bertz CT molecular complexity index is 653. The molecular formula is C14H17ClN2S2. The van der Waals surface area contributed by atoms with Gasteiger partial charge in [-0.2, -0.15) is 11.8 Å². The Kier molecular flexibility index (Phi) is 3.67. The number of thioether (sulfide) groups is 1. The van der Waals surface area contributed by atoms with Crippen molar-refractivity contribution in [2.45, 2.75) is 37.0 Å². The second-order valence-electron chi connectivity index (χ2n) is 5.27. The summed E-state index contributed by atoms with van der Waals surface area (Å²) in [5.74, 6) is 0. The molecule has 1 saturated carbocycles. The summed E-state index contributed by atoms with van der Waals surface area (Å²) >= 11 is 13.6. The van der Waals surface area contributed by atoms with Gasteiger partial charge in [0.25, 0.3) is 0 Å². The predicted molar refractivity (Wildman–Crippen MR) is 86.8 cm³/mol. The first-order valence-electron chi connectivity index (χ1n) is 6.57. The number of nitrogens with zero attached hydrogens (tertiary/aromatic N) is 1. The molecule has 2 nitrogen and oxygen atoms in total. The van der Waals surface area contributed by atoms with E-state index in [1.54, 1.807) is 0 Å². The lowest BCUT2D eigenvalue weighted by Gasteiger charge is -2.27. The van der Waals surface area contributed by atoms with Crippen LogP contribution in [0.25, 0.3) is 11.0 Å². The van der Waals surface area contributed by atoms with E-state index < -0.39 is 0 Å². The number of aromatic amines is 1. The van der Waals surface area contributed by atoms with E-state index in [-0.39, 0.29) is 0 Å². The maximum Gasteiger partial charge on any atom is 0.178 e. The summed E-state index contributed by atoms with van der Waals surface area (Å²) in [5.41, 5.74) is 2.20. The quantitative estimate of drug-likeness (QED) is 0.802. The molecule has 1 aromatic carbocycles. The molecule has 1 aliphatic rings. The van der Waals surface area contributed by atoms with Crippen molar-refractivity contribution in [2.75, 3.05) is 6.26 Å². The summed E-state index contributed by atoms with van der Waals surface area (Å²) in [6, 6.07) is 5.91. The minimum Gasteiger partial charge on any atom is -0.331 e. The minimum absolute atomic E-state index is 0.343. The topological polar surface area (TPSA) is 20.7 Å². The molecule has 0 bridgehead atoms. The van der Waals surface area contributed by atoms with Gasteiger partial charge in [0.1, 0.15) is 0 Å². The molecule has 0 spiro atoms. The third kappa shape index (κ3) is 2.46. The van der Waals surface area contributed by atoms with Gasteiger partial charge < -0.3 is 9.55 Å². The highest BCUT2D eigenvalue weighted by molar-refractivity contribution is 8.00. The van der Waals surface area contributed by atoms with Gasteiger partial charge in [0, 0.05) is 16.3 Å². The molecular weight excluding hydrogens is 296 g/mol. The zero-order valence-electron chi connectivity index (χ0n) is 10.9. The molecule has 0 amide bonds. The molecule has 0 aliphatic heterocycles. The highest BCUT2D eigenvalue weighted by Crippen LogP contribution is 2.42. The molecule has 102 valence electrons. The maximum atomic E-state index is 6.12. The molecule has 1 aliphatic carbocycles. The van der Waals surface area contributed by atoms with Gasteiger partial charge in [0.15, 0.2) is 4.77 Å². The van der Waals surface area contributed by atoms with Crippen LogP contribution in [-0.4, -0.2) is 20.6 Å². The van der Waals surface area contributed by atoms with Crippen molar-refractivity contribution in [3.05, 3.63) is 28.0 Å². The third-order valence-electron chi connectivity index (χ3n) is 4.13. The van der Waals surface area contributed by atoms with Gasteiger partial charge in [0.2, 0.25) is 0 Å². The van der Waals surface area contributed by atoms with Crippen LogP contribution < -0.4 is 0 Å². The largest absolute Gasteiger partial charge is 0.331 e. The fraction of sp³-hybridized carbons (Fsp3) is 0.500. The van der Waals surface area contributed by atoms with E-state index in [1.807, 2.05) is 30.0 Å². The summed E-state index contributed by atoms with van der Waals surface area (Å²) in [5, 5.41) is 0.764. The Hall–Kier alpha value is -0.450. The Balaban J connectivity index is 2.07. The van der Waals surface area contributed by atoms with Gasteiger partial charge >= 0.3 is 0 Å². The Labute approximate surface area is 127 Å². The molecule has 0 radical (unpaired) electrons. The van der Waals surface area contributed by atoms with Crippen LogP contribution in [0.3, 0.4) is 0 Å². The summed E-state index contributed by atoms with van der Waals surface area (Å²) in [6.45, 7) is 0.980. The number of imidazole rings is 1. The number of fused-ring (bicyclic) bond motifs is 1. The molecule has 0 saturated heterocycles. The van der Waals surface area contributed by atoms with Crippen LogP contribution in [0.15, 0.2) is 18.2 Å². The van der Waals surface area contributed by atoms with Crippen molar-refractivity contribution in [2.24, 2.45) is 0 Å². The lowest BCUT2D eigenvalue weighted by molar-refractivity contribution is 0.510. The van der Waals surface area contributed by atoms with Crippen LogP contribution in [0.5, 0.6) is 0 Å². The van der Waals surface area contributed by atoms with Crippen molar-refractivity contribution in [3.8, 4) is 0 Å². The highest BCUT2D eigenvalue weighted by Gasteiger charge is 2.33. The van der Waals surface area contributed by atoms with Crippen LogP contribution in [0.2, 0.25) is 5.02 Å². The van der Waals surface area contributed by atoms with Crippen molar-refractivity contribution < 1.29 is 0 Å². The van der Waals surface area contributed by atoms with Crippen molar-refractivity contribution >= 4 is 46.6 Å². The summed E-state index contributed by atoms with van der Waals surface area (Å²) in [4.78, 5) is 3.28. The van der Waals surface area contributed by atoms with Crippen LogP contribution in [0.1, 0.15) is 25.7 Å². The first-order valence-corrected chi connectivity index (χ1v) is 8.58. The summed E-state index contributed by atoms with van der Waals surface area (Å²) in [7, 11) is 0. The average Bonchev–Trinajstić information content (AvgIpc) is 2.98. The van der Waals surface area contributed by atoms with E-state index in [0.29, 0.717) is 4.75 Å². The van der Waals surface area contributed by atoms with Crippen molar-refractivity contribution in [1.82, 2.24) is 9.55 Å². The summed E-state index contributed by atoms with van der Waals surface area (Å²) in [6.07, 6.45) is 7.44. The molecule has 2 aromatic rings. The number of benzene rings is 1. The SMILES string of the molecule is CSC1(Cn2c(=S)[nH]c3ccc(Cl)cc32)CCCC1. The van der Waals surface area contributed by atoms with E-state index in [4.69, 9.17) is 23.8 Å². The van der Waals surface area contributed by atoms with E-state index in [9.17, 15) is 0 Å². The van der Waals surface area contributed by atoms with Crippen molar-refractivity contribution in [1.29, 1.82) is 0 Å². The standard InChI is InChI=1S/C14H17ClN2S2/c1-19-14(6-2-3-7-14)9-17-12-8-10(15)4-5-11(12)16-13(17)18/h4-5,8H,2-3,6-7,9H2,1H3,(H,16,18). The van der Waals surface area contributed by atoms with E-state index in [1.165, 1.54) is 25.7 Å². The molecule has 1 heterocycles. The van der Waals surface area contributed by atoms with Gasteiger partial charge in [-0.25, -0.2) is 0 Å². The van der Waals surface area contributed by atoms with Gasteiger partial charge in [0.05, 0.1) is 11.0 Å². The van der Waals surface area contributed by atoms with E-state index >= 15 is 0 Å².